The fraction of sp³-hybridized carbons (Fsp3) is 0.611. The molecule has 0 saturated carbocycles. The minimum absolute atomic E-state index is 0.0210. The Hall–Kier alpha value is -1.51. The summed E-state index contributed by atoms with van der Waals surface area (Å²) in [6.45, 7) is 12.6. The Kier molecular flexibility index (Phi) is 5.43. The summed E-state index contributed by atoms with van der Waals surface area (Å²) >= 11 is 0. The first-order valence-electron chi connectivity index (χ1n) is 7.66. The summed E-state index contributed by atoms with van der Waals surface area (Å²) in [5.74, 6) is -0.815. The van der Waals surface area contributed by atoms with Crippen molar-refractivity contribution >= 4 is 11.7 Å². The smallest absolute Gasteiger partial charge is 0.311 e. The second-order valence-corrected chi connectivity index (χ2v) is 7.52. The standard InChI is InChI=1S/C18H29NO2/c1-11(2)9-12(3)16(17(20)21)14-10-13(18(4,5)6)7-8-15(14)19/h7-8,10-12,16H,9,19H2,1-6H3,(H,20,21). The number of anilines is 1. The largest absolute Gasteiger partial charge is 0.481 e. The molecule has 1 aromatic rings. The maximum atomic E-state index is 11.8. The van der Waals surface area contributed by atoms with E-state index >= 15 is 0 Å². The fourth-order valence-corrected chi connectivity index (χ4v) is 2.87. The van der Waals surface area contributed by atoms with Gasteiger partial charge in [0.15, 0.2) is 0 Å². The molecule has 0 aliphatic carbocycles. The lowest BCUT2D eigenvalue weighted by atomic mass is 9.78. The van der Waals surface area contributed by atoms with Crippen molar-refractivity contribution < 1.29 is 9.90 Å². The van der Waals surface area contributed by atoms with E-state index in [0.717, 1.165) is 17.5 Å². The molecule has 118 valence electrons. The van der Waals surface area contributed by atoms with Gasteiger partial charge in [-0.25, -0.2) is 0 Å². The van der Waals surface area contributed by atoms with Crippen LogP contribution >= 0.6 is 0 Å². The predicted octanol–water partition coefficient (Wildman–Crippen LogP) is 4.42. The lowest BCUT2D eigenvalue weighted by Crippen LogP contribution is -2.23. The number of rotatable bonds is 5. The highest BCUT2D eigenvalue weighted by Crippen LogP contribution is 2.35. The molecule has 0 spiro atoms. The molecule has 0 amide bonds. The molecule has 1 aromatic carbocycles. The van der Waals surface area contributed by atoms with Gasteiger partial charge in [-0.2, -0.15) is 0 Å². The Morgan fingerprint density at radius 1 is 1.24 bits per heavy atom. The first-order chi connectivity index (χ1) is 9.54. The number of hydrogen-bond donors (Lipinski definition) is 2. The molecule has 0 fully saturated rings. The summed E-state index contributed by atoms with van der Waals surface area (Å²) in [5.41, 5.74) is 8.50. The van der Waals surface area contributed by atoms with Crippen LogP contribution in [0.5, 0.6) is 0 Å². The van der Waals surface area contributed by atoms with E-state index in [4.69, 9.17) is 5.73 Å². The molecule has 0 radical (unpaired) electrons. The van der Waals surface area contributed by atoms with Gasteiger partial charge in [-0.05, 0) is 40.9 Å². The molecule has 0 heterocycles. The zero-order valence-electron chi connectivity index (χ0n) is 14.1. The second-order valence-electron chi connectivity index (χ2n) is 7.52. The molecular weight excluding hydrogens is 262 g/mol. The van der Waals surface area contributed by atoms with Crippen molar-refractivity contribution in [3.8, 4) is 0 Å². The Labute approximate surface area is 128 Å². The molecule has 0 bridgehead atoms. The molecule has 3 N–H and O–H groups in total. The Morgan fingerprint density at radius 3 is 2.24 bits per heavy atom. The minimum atomic E-state index is -0.791. The van der Waals surface area contributed by atoms with Crippen molar-refractivity contribution in [1.29, 1.82) is 0 Å². The molecule has 2 unspecified atom stereocenters. The highest BCUT2D eigenvalue weighted by atomic mass is 16.4. The molecule has 0 aromatic heterocycles. The molecular formula is C18H29NO2. The van der Waals surface area contributed by atoms with E-state index in [1.54, 1.807) is 0 Å². The number of aliphatic carboxylic acids is 1. The third kappa shape index (κ3) is 4.48. The van der Waals surface area contributed by atoms with Crippen LogP contribution in [0.2, 0.25) is 0 Å². The average Bonchev–Trinajstić information content (AvgIpc) is 2.28. The van der Waals surface area contributed by atoms with Crippen molar-refractivity contribution in [2.24, 2.45) is 11.8 Å². The minimum Gasteiger partial charge on any atom is -0.481 e. The second kappa shape index (κ2) is 6.50. The van der Waals surface area contributed by atoms with Crippen LogP contribution in [0.1, 0.15) is 65.0 Å². The highest BCUT2D eigenvalue weighted by Gasteiger charge is 2.29. The summed E-state index contributed by atoms with van der Waals surface area (Å²) in [4.78, 5) is 11.8. The van der Waals surface area contributed by atoms with E-state index in [0.29, 0.717) is 11.6 Å². The zero-order valence-corrected chi connectivity index (χ0v) is 14.1. The van der Waals surface area contributed by atoms with Gasteiger partial charge in [0.2, 0.25) is 0 Å². The molecule has 3 heteroatoms. The van der Waals surface area contributed by atoms with E-state index in [-0.39, 0.29) is 11.3 Å². The van der Waals surface area contributed by atoms with E-state index < -0.39 is 11.9 Å². The number of carbonyl (C=O) groups is 1. The lowest BCUT2D eigenvalue weighted by Gasteiger charge is -2.26. The van der Waals surface area contributed by atoms with Gasteiger partial charge < -0.3 is 10.8 Å². The number of nitrogens with two attached hydrogens (primary N) is 1. The quantitative estimate of drug-likeness (QED) is 0.789. The summed E-state index contributed by atoms with van der Waals surface area (Å²) in [6, 6.07) is 5.81. The van der Waals surface area contributed by atoms with Crippen molar-refractivity contribution in [3.63, 3.8) is 0 Å². The van der Waals surface area contributed by atoms with Gasteiger partial charge in [-0.15, -0.1) is 0 Å². The van der Waals surface area contributed by atoms with Crippen LogP contribution < -0.4 is 5.73 Å². The fourth-order valence-electron chi connectivity index (χ4n) is 2.87. The van der Waals surface area contributed by atoms with Gasteiger partial charge in [0, 0.05) is 5.69 Å². The highest BCUT2D eigenvalue weighted by molar-refractivity contribution is 5.79. The van der Waals surface area contributed by atoms with Gasteiger partial charge in [0.25, 0.3) is 0 Å². The lowest BCUT2D eigenvalue weighted by molar-refractivity contribution is -0.140. The topological polar surface area (TPSA) is 63.3 Å². The number of carboxylic acids is 1. The first kappa shape index (κ1) is 17.5. The normalized spacial score (nSPS) is 15.0. The van der Waals surface area contributed by atoms with Gasteiger partial charge in [-0.3, -0.25) is 4.79 Å². The van der Waals surface area contributed by atoms with E-state index in [1.807, 2.05) is 25.1 Å². The van der Waals surface area contributed by atoms with Gasteiger partial charge >= 0.3 is 5.97 Å². The van der Waals surface area contributed by atoms with Crippen molar-refractivity contribution in [3.05, 3.63) is 29.3 Å². The third-order valence-electron chi connectivity index (χ3n) is 3.97. The predicted molar refractivity (Wildman–Crippen MR) is 88.6 cm³/mol. The van der Waals surface area contributed by atoms with Crippen LogP contribution in [0.4, 0.5) is 5.69 Å². The van der Waals surface area contributed by atoms with E-state index in [2.05, 4.69) is 34.6 Å². The van der Waals surface area contributed by atoms with Gasteiger partial charge in [-0.1, -0.05) is 53.7 Å². The van der Waals surface area contributed by atoms with Gasteiger partial charge in [0.05, 0.1) is 5.92 Å². The van der Waals surface area contributed by atoms with E-state index in [9.17, 15) is 9.90 Å². The average molecular weight is 291 g/mol. The summed E-state index contributed by atoms with van der Waals surface area (Å²) in [6.07, 6.45) is 0.871. The summed E-state index contributed by atoms with van der Waals surface area (Å²) in [7, 11) is 0. The molecule has 3 nitrogen and oxygen atoms in total. The molecule has 2 atom stereocenters. The molecule has 1 rings (SSSR count). The summed E-state index contributed by atoms with van der Waals surface area (Å²) in [5, 5.41) is 9.67. The van der Waals surface area contributed by atoms with Crippen LogP contribution in [0, 0.1) is 11.8 Å². The van der Waals surface area contributed by atoms with Crippen LogP contribution in [0.15, 0.2) is 18.2 Å². The number of carboxylic acid groups (broad SMARTS) is 1. The third-order valence-corrected chi connectivity index (χ3v) is 3.97. The van der Waals surface area contributed by atoms with Crippen molar-refractivity contribution in [2.75, 3.05) is 5.73 Å². The molecule has 21 heavy (non-hydrogen) atoms. The van der Waals surface area contributed by atoms with Crippen LogP contribution in [-0.2, 0) is 10.2 Å². The van der Waals surface area contributed by atoms with Crippen molar-refractivity contribution in [2.45, 2.75) is 59.3 Å². The molecule has 0 saturated heterocycles. The van der Waals surface area contributed by atoms with Crippen LogP contribution in [0.25, 0.3) is 0 Å². The van der Waals surface area contributed by atoms with Gasteiger partial charge in [0.1, 0.15) is 0 Å². The first-order valence-corrected chi connectivity index (χ1v) is 7.66. The monoisotopic (exact) mass is 291 g/mol. The Balaban J connectivity index is 3.28. The Morgan fingerprint density at radius 2 is 1.81 bits per heavy atom. The maximum absolute atomic E-state index is 11.8. The summed E-state index contributed by atoms with van der Waals surface area (Å²) < 4.78 is 0. The number of nitrogen functional groups attached to an aromatic ring is 1. The van der Waals surface area contributed by atoms with Crippen molar-refractivity contribution in [1.82, 2.24) is 0 Å². The molecule has 0 aliphatic rings. The Bertz CT molecular complexity index is 500. The van der Waals surface area contributed by atoms with E-state index in [1.165, 1.54) is 0 Å². The number of benzene rings is 1. The zero-order chi connectivity index (χ0) is 16.4. The SMILES string of the molecule is CC(C)CC(C)C(C(=O)O)c1cc(C(C)(C)C)ccc1N. The van der Waals surface area contributed by atoms with Crippen LogP contribution in [-0.4, -0.2) is 11.1 Å². The molecule has 0 aliphatic heterocycles. The maximum Gasteiger partial charge on any atom is 0.311 e. The van der Waals surface area contributed by atoms with Crippen LogP contribution in [0.3, 0.4) is 0 Å². The number of hydrogen-bond acceptors (Lipinski definition) is 2.